The third kappa shape index (κ3) is 5.28. The van der Waals surface area contributed by atoms with Gasteiger partial charge in [0.25, 0.3) is 5.91 Å². The summed E-state index contributed by atoms with van der Waals surface area (Å²) in [4.78, 5) is 12.4. The maximum absolute atomic E-state index is 12.4. The minimum atomic E-state index is -3.00. The summed E-state index contributed by atoms with van der Waals surface area (Å²) >= 11 is 1.53. The Hall–Kier alpha value is -2.91. The Bertz CT molecular complexity index is 1210. The molecule has 1 aromatic heterocycles. The molecule has 2 aromatic carbocycles. The molecule has 9 heteroatoms. The maximum Gasteiger partial charge on any atom is 0.255 e. The van der Waals surface area contributed by atoms with E-state index in [2.05, 4.69) is 22.1 Å². The fourth-order valence-corrected chi connectivity index (χ4v) is 6.28. The summed E-state index contributed by atoms with van der Waals surface area (Å²) in [6.07, 6.45) is 2.34. The van der Waals surface area contributed by atoms with E-state index in [0.717, 1.165) is 16.4 Å². The summed E-state index contributed by atoms with van der Waals surface area (Å²) in [6.45, 7) is 4.33. The predicted octanol–water partition coefficient (Wildman–Crippen LogP) is 3.91. The number of nitrogens with one attached hydrogen (secondary N) is 1. The number of hydrogen-bond acceptors (Lipinski definition) is 6. The quantitative estimate of drug-likeness (QED) is 0.398. The summed E-state index contributed by atoms with van der Waals surface area (Å²) in [7, 11) is -3.00. The van der Waals surface area contributed by atoms with Gasteiger partial charge in [0.05, 0.1) is 11.5 Å². The van der Waals surface area contributed by atoms with Crippen LogP contribution in [0.5, 0.6) is 0 Å². The zero-order valence-electron chi connectivity index (χ0n) is 17.5. The standard InChI is InChI=1S/C23H24N4O3S2/c1-2-13-27-21(19-12-14-32(29,30)16-19)25-26-23(27)31-15-17-8-10-18(11-9-17)22(28)24-20-6-4-3-5-7-20/h2-11,19H,1,12-16H2,(H,24,28). The van der Waals surface area contributed by atoms with Gasteiger partial charge in [0.15, 0.2) is 15.0 Å². The number of nitrogens with zero attached hydrogens (tertiary/aromatic N) is 3. The molecule has 0 aliphatic carbocycles. The second-order valence-corrected chi connectivity index (χ2v) is 10.8. The topological polar surface area (TPSA) is 93.9 Å². The SMILES string of the molecule is C=CCn1c(SCc2ccc(C(=O)Nc3ccccc3)cc2)nnc1C1CCS(=O)(=O)C1. The number of carbonyl (C=O) groups excluding carboxylic acids is 1. The zero-order chi connectivity index (χ0) is 22.6. The Labute approximate surface area is 191 Å². The van der Waals surface area contributed by atoms with Crippen LogP contribution in [0.1, 0.15) is 34.1 Å². The van der Waals surface area contributed by atoms with Crippen LogP contribution in [-0.4, -0.2) is 40.6 Å². The number of benzene rings is 2. The van der Waals surface area contributed by atoms with Crippen LogP contribution in [-0.2, 0) is 22.1 Å². The molecule has 0 spiro atoms. The summed E-state index contributed by atoms with van der Waals surface area (Å²) in [6, 6.07) is 16.8. The molecule has 1 aliphatic rings. The molecule has 1 amide bonds. The smallest absolute Gasteiger partial charge is 0.255 e. The van der Waals surface area contributed by atoms with Crippen molar-refractivity contribution in [2.24, 2.45) is 0 Å². The first-order valence-corrected chi connectivity index (χ1v) is 13.1. The van der Waals surface area contributed by atoms with E-state index < -0.39 is 9.84 Å². The Kier molecular flexibility index (Phi) is 6.76. The van der Waals surface area contributed by atoms with E-state index in [-0.39, 0.29) is 23.3 Å². The van der Waals surface area contributed by atoms with Gasteiger partial charge in [-0.1, -0.05) is 48.2 Å². The van der Waals surface area contributed by atoms with Crippen LogP contribution in [0.4, 0.5) is 5.69 Å². The second kappa shape index (κ2) is 9.70. The Morgan fingerprint density at radius 2 is 1.91 bits per heavy atom. The third-order valence-electron chi connectivity index (χ3n) is 5.27. The first kappa shape index (κ1) is 22.3. The maximum atomic E-state index is 12.4. The van der Waals surface area contributed by atoms with E-state index in [9.17, 15) is 13.2 Å². The highest BCUT2D eigenvalue weighted by Crippen LogP contribution is 2.31. The Balaban J connectivity index is 1.41. The van der Waals surface area contributed by atoms with E-state index >= 15 is 0 Å². The van der Waals surface area contributed by atoms with Crippen LogP contribution in [0.2, 0.25) is 0 Å². The number of anilines is 1. The highest BCUT2D eigenvalue weighted by atomic mass is 32.2. The molecule has 0 saturated carbocycles. The Morgan fingerprint density at radius 3 is 2.56 bits per heavy atom. The van der Waals surface area contributed by atoms with Crippen LogP contribution >= 0.6 is 11.8 Å². The first-order valence-electron chi connectivity index (χ1n) is 10.3. The van der Waals surface area contributed by atoms with Crippen molar-refractivity contribution in [3.63, 3.8) is 0 Å². The van der Waals surface area contributed by atoms with E-state index in [1.54, 1.807) is 18.2 Å². The fourth-order valence-electron chi connectivity index (χ4n) is 3.63. The molecular formula is C23H24N4O3S2. The number of rotatable bonds is 8. The number of carbonyl (C=O) groups is 1. The number of amides is 1. The van der Waals surface area contributed by atoms with Gasteiger partial charge in [-0.3, -0.25) is 4.79 Å². The van der Waals surface area contributed by atoms with E-state index in [4.69, 9.17) is 0 Å². The molecule has 0 radical (unpaired) electrons. The summed E-state index contributed by atoms with van der Waals surface area (Å²) in [5.74, 6) is 1.41. The second-order valence-electron chi connectivity index (χ2n) is 7.65. The molecule has 3 aromatic rings. The van der Waals surface area contributed by atoms with Crippen LogP contribution in [0.15, 0.2) is 72.4 Å². The summed E-state index contributed by atoms with van der Waals surface area (Å²) in [5, 5.41) is 12.2. The molecule has 1 aliphatic heterocycles. The van der Waals surface area contributed by atoms with Gasteiger partial charge < -0.3 is 9.88 Å². The largest absolute Gasteiger partial charge is 0.322 e. The minimum absolute atomic E-state index is 0.121. The van der Waals surface area contributed by atoms with Crippen molar-refractivity contribution in [2.75, 3.05) is 16.8 Å². The van der Waals surface area contributed by atoms with Crippen molar-refractivity contribution in [1.82, 2.24) is 14.8 Å². The number of allylic oxidation sites excluding steroid dienone is 1. The molecule has 0 bridgehead atoms. The van der Waals surface area contributed by atoms with Gasteiger partial charge in [-0.05, 0) is 36.2 Å². The predicted molar refractivity (Wildman–Crippen MR) is 127 cm³/mol. The van der Waals surface area contributed by atoms with E-state index in [1.165, 1.54) is 11.8 Å². The molecule has 166 valence electrons. The molecule has 4 rings (SSSR count). The lowest BCUT2D eigenvalue weighted by Crippen LogP contribution is -2.11. The van der Waals surface area contributed by atoms with Crippen LogP contribution in [0.3, 0.4) is 0 Å². The Morgan fingerprint density at radius 1 is 1.16 bits per heavy atom. The lowest BCUT2D eigenvalue weighted by atomic mass is 10.1. The average molecular weight is 469 g/mol. The van der Waals surface area contributed by atoms with Crippen molar-refractivity contribution in [1.29, 1.82) is 0 Å². The minimum Gasteiger partial charge on any atom is -0.322 e. The molecule has 7 nitrogen and oxygen atoms in total. The van der Waals surface area contributed by atoms with Crippen molar-refractivity contribution in [3.05, 3.63) is 84.2 Å². The molecule has 1 saturated heterocycles. The van der Waals surface area contributed by atoms with Gasteiger partial charge in [0.2, 0.25) is 0 Å². The number of hydrogen-bond donors (Lipinski definition) is 1. The van der Waals surface area contributed by atoms with Crippen molar-refractivity contribution < 1.29 is 13.2 Å². The van der Waals surface area contributed by atoms with Gasteiger partial charge in [0.1, 0.15) is 5.82 Å². The highest BCUT2D eigenvalue weighted by molar-refractivity contribution is 7.98. The fraction of sp³-hybridized carbons (Fsp3) is 0.261. The van der Waals surface area contributed by atoms with Gasteiger partial charge in [0, 0.05) is 29.5 Å². The molecule has 32 heavy (non-hydrogen) atoms. The molecule has 1 unspecified atom stereocenters. The van der Waals surface area contributed by atoms with Crippen molar-refractivity contribution >= 4 is 33.2 Å². The number of sulfone groups is 1. The number of aromatic nitrogens is 3. The average Bonchev–Trinajstić information content (AvgIpc) is 3.36. The lowest BCUT2D eigenvalue weighted by Gasteiger charge is -2.11. The van der Waals surface area contributed by atoms with E-state index in [0.29, 0.717) is 30.1 Å². The molecule has 2 heterocycles. The lowest BCUT2D eigenvalue weighted by molar-refractivity contribution is 0.102. The normalized spacial score (nSPS) is 17.2. The van der Waals surface area contributed by atoms with Gasteiger partial charge in [-0.25, -0.2) is 8.42 Å². The molecule has 1 atom stereocenters. The van der Waals surface area contributed by atoms with Gasteiger partial charge in [-0.15, -0.1) is 16.8 Å². The van der Waals surface area contributed by atoms with Crippen LogP contribution < -0.4 is 5.32 Å². The third-order valence-corrected chi connectivity index (χ3v) is 8.08. The van der Waals surface area contributed by atoms with Crippen molar-refractivity contribution in [3.8, 4) is 0 Å². The van der Waals surface area contributed by atoms with Gasteiger partial charge in [-0.2, -0.15) is 0 Å². The van der Waals surface area contributed by atoms with E-state index in [1.807, 2.05) is 47.0 Å². The highest BCUT2D eigenvalue weighted by Gasteiger charge is 2.33. The van der Waals surface area contributed by atoms with Gasteiger partial charge >= 0.3 is 0 Å². The molecular weight excluding hydrogens is 444 g/mol. The van der Waals surface area contributed by atoms with Crippen LogP contribution in [0.25, 0.3) is 0 Å². The summed E-state index contributed by atoms with van der Waals surface area (Å²) < 4.78 is 25.7. The zero-order valence-corrected chi connectivity index (χ0v) is 19.1. The number of para-hydroxylation sites is 1. The van der Waals surface area contributed by atoms with Crippen LogP contribution in [0, 0.1) is 0 Å². The summed E-state index contributed by atoms with van der Waals surface area (Å²) in [5.41, 5.74) is 2.39. The van der Waals surface area contributed by atoms with Crippen molar-refractivity contribution in [2.45, 2.75) is 29.8 Å². The first-order chi connectivity index (χ1) is 15.4. The molecule has 1 fully saturated rings. The monoisotopic (exact) mass is 468 g/mol. The number of thioether (sulfide) groups is 1. The molecule has 1 N–H and O–H groups in total.